The molecule has 1 atom stereocenters. The highest BCUT2D eigenvalue weighted by molar-refractivity contribution is 7.12. The minimum Gasteiger partial charge on any atom is -0.448 e. The van der Waals surface area contributed by atoms with Gasteiger partial charge in [-0.15, -0.1) is 11.3 Å². The van der Waals surface area contributed by atoms with E-state index in [0.29, 0.717) is 4.88 Å². The number of benzene rings is 2. The van der Waals surface area contributed by atoms with Crippen LogP contribution < -0.4 is 5.32 Å². The summed E-state index contributed by atoms with van der Waals surface area (Å²) in [6.07, 6.45) is -0.907. The molecule has 0 aliphatic heterocycles. The first-order valence-electron chi connectivity index (χ1n) is 9.50. The van der Waals surface area contributed by atoms with Crippen molar-refractivity contribution in [3.8, 4) is 11.1 Å². The van der Waals surface area contributed by atoms with E-state index in [1.54, 1.807) is 6.92 Å². The first-order chi connectivity index (χ1) is 13.8. The summed E-state index contributed by atoms with van der Waals surface area (Å²) in [5.41, 5.74) is 6.78. The van der Waals surface area contributed by atoms with E-state index in [2.05, 4.69) is 5.32 Å². The van der Waals surface area contributed by atoms with Gasteiger partial charge in [-0.3, -0.25) is 4.79 Å². The van der Waals surface area contributed by atoms with Gasteiger partial charge in [-0.25, -0.2) is 4.79 Å². The summed E-state index contributed by atoms with van der Waals surface area (Å²) in [4.78, 5) is 25.8. The number of thiophene rings is 1. The van der Waals surface area contributed by atoms with Crippen molar-refractivity contribution in [1.82, 2.24) is 0 Å². The number of rotatable bonds is 5. The molecule has 0 aliphatic rings. The topological polar surface area (TPSA) is 55.4 Å². The zero-order valence-corrected chi connectivity index (χ0v) is 18.1. The predicted molar refractivity (Wildman–Crippen MR) is 119 cm³/mol. The van der Waals surface area contributed by atoms with Crippen LogP contribution in [0, 0.1) is 27.7 Å². The van der Waals surface area contributed by atoms with Gasteiger partial charge in [0.1, 0.15) is 4.88 Å². The van der Waals surface area contributed by atoms with Crippen molar-refractivity contribution >= 4 is 28.9 Å². The van der Waals surface area contributed by atoms with E-state index in [0.717, 1.165) is 39.1 Å². The maximum Gasteiger partial charge on any atom is 0.349 e. The largest absolute Gasteiger partial charge is 0.448 e. The lowest BCUT2D eigenvalue weighted by atomic mass is 10.0. The van der Waals surface area contributed by atoms with Crippen molar-refractivity contribution in [3.05, 3.63) is 75.0 Å². The summed E-state index contributed by atoms with van der Waals surface area (Å²) in [6.45, 7) is 9.52. The highest BCUT2D eigenvalue weighted by Crippen LogP contribution is 2.29. The van der Waals surface area contributed by atoms with Crippen LogP contribution in [0.15, 0.2) is 47.8 Å². The number of esters is 1. The van der Waals surface area contributed by atoms with Gasteiger partial charge in [0.2, 0.25) is 0 Å². The number of nitrogens with one attached hydrogen (secondary N) is 1. The van der Waals surface area contributed by atoms with Gasteiger partial charge in [0.05, 0.1) is 0 Å². The third-order valence-electron chi connectivity index (χ3n) is 4.79. The summed E-state index contributed by atoms with van der Waals surface area (Å²) < 4.78 is 5.48. The highest BCUT2D eigenvalue weighted by Gasteiger charge is 2.23. The molecule has 1 N–H and O–H groups in total. The Morgan fingerprint density at radius 2 is 1.55 bits per heavy atom. The maximum atomic E-state index is 12.7. The van der Waals surface area contributed by atoms with Crippen LogP contribution in [0.25, 0.3) is 11.1 Å². The Bertz CT molecular complexity index is 1030. The van der Waals surface area contributed by atoms with E-state index in [1.807, 2.05) is 75.5 Å². The van der Waals surface area contributed by atoms with Crippen molar-refractivity contribution in [2.45, 2.75) is 40.7 Å². The molecule has 0 bridgehead atoms. The minimum absolute atomic E-state index is 0.346. The van der Waals surface area contributed by atoms with Crippen LogP contribution in [0.5, 0.6) is 0 Å². The van der Waals surface area contributed by atoms with Crippen molar-refractivity contribution < 1.29 is 14.3 Å². The van der Waals surface area contributed by atoms with Crippen molar-refractivity contribution in [3.63, 3.8) is 0 Å². The summed E-state index contributed by atoms with van der Waals surface area (Å²) in [7, 11) is 0. The maximum absolute atomic E-state index is 12.7. The zero-order chi connectivity index (χ0) is 21.1. The fraction of sp³-hybridized carbons (Fsp3) is 0.250. The van der Waals surface area contributed by atoms with Gasteiger partial charge in [-0.2, -0.15) is 0 Å². The molecule has 1 amide bonds. The average Bonchev–Trinajstić information content (AvgIpc) is 3.15. The Kier molecular flexibility index (Phi) is 6.18. The normalized spacial score (nSPS) is 11.8. The number of carbonyl (C=O) groups is 2. The lowest BCUT2D eigenvalue weighted by Gasteiger charge is -2.17. The summed E-state index contributed by atoms with van der Waals surface area (Å²) in [5.74, 6) is -0.836. The molecule has 0 fully saturated rings. The van der Waals surface area contributed by atoms with Crippen LogP contribution in [-0.4, -0.2) is 18.0 Å². The van der Waals surface area contributed by atoms with Crippen molar-refractivity contribution in [1.29, 1.82) is 0 Å². The Balaban J connectivity index is 1.72. The minimum atomic E-state index is -0.907. The Morgan fingerprint density at radius 3 is 2.17 bits per heavy atom. The number of hydrogen-bond acceptors (Lipinski definition) is 4. The molecule has 1 aromatic heterocycles. The zero-order valence-electron chi connectivity index (χ0n) is 17.3. The van der Waals surface area contributed by atoms with Gasteiger partial charge < -0.3 is 10.1 Å². The van der Waals surface area contributed by atoms with Gasteiger partial charge in [0.25, 0.3) is 5.91 Å². The SMILES string of the molecule is Cc1ccc(-c2ccsc2C(=O)O[C@H](C)C(=O)Nc2c(C)cc(C)cc2C)cc1. The Morgan fingerprint density at radius 1 is 0.931 bits per heavy atom. The molecule has 0 unspecified atom stereocenters. The first kappa shape index (κ1) is 20.8. The first-order valence-corrected chi connectivity index (χ1v) is 10.4. The molecule has 1 heterocycles. The third kappa shape index (κ3) is 4.74. The molecule has 0 aliphatic carbocycles. The van der Waals surface area contributed by atoms with E-state index in [1.165, 1.54) is 11.3 Å². The van der Waals surface area contributed by atoms with E-state index >= 15 is 0 Å². The monoisotopic (exact) mass is 407 g/mol. The number of amides is 1. The molecule has 0 saturated carbocycles. The molecule has 0 saturated heterocycles. The highest BCUT2D eigenvalue weighted by atomic mass is 32.1. The average molecular weight is 408 g/mol. The fourth-order valence-electron chi connectivity index (χ4n) is 3.30. The molecule has 0 spiro atoms. The third-order valence-corrected chi connectivity index (χ3v) is 5.69. The van der Waals surface area contributed by atoms with Gasteiger partial charge in [0.15, 0.2) is 6.10 Å². The second kappa shape index (κ2) is 8.62. The number of anilines is 1. The van der Waals surface area contributed by atoms with E-state index in [9.17, 15) is 9.59 Å². The van der Waals surface area contributed by atoms with Gasteiger partial charge >= 0.3 is 5.97 Å². The van der Waals surface area contributed by atoms with Crippen LogP contribution in [-0.2, 0) is 9.53 Å². The smallest absolute Gasteiger partial charge is 0.349 e. The second-order valence-electron chi connectivity index (χ2n) is 7.34. The van der Waals surface area contributed by atoms with E-state index in [-0.39, 0.29) is 5.91 Å². The number of aryl methyl sites for hydroxylation is 4. The molecule has 5 heteroatoms. The van der Waals surface area contributed by atoms with Crippen LogP contribution in [0.2, 0.25) is 0 Å². The molecule has 3 aromatic rings. The molecule has 0 radical (unpaired) electrons. The van der Waals surface area contributed by atoms with E-state index < -0.39 is 12.1 Å². The number of hydrogen-bond donors (Lipinski definition) is 1. The van der Waals surface area contributed by atoms with Gasteiger partial charge in [-0.05, 0) is 62.8 Å². The number of carbonyl (C=O) groups excluding carboxylic acids is 2. The van der Waals surface area contributed by atoms with Gasteiger partial charge in [-0.1, -0.05) is 47.5 Å². The summed E-state index contributed by atoms with van der Waals surface area (Å²) >= 11 is 1.31. The Hall–Kier alpha value is -2.92. The standard InChI is InChI=1S/C24H25NO3S/c1-14-6-8-19(9-7-14)20-10-11-29-22(20)24(27)28-18(5)23(26)25-21-16(3)12-15(2)13-17(21)4/h6-13,18H,1-5H3,(H,25,26)/t18-/m1/s1. The van der Waals surface area contributed by atoms with Crippen molar-refractivity contribution in [2.75, 3.05) is 5.32 Å². The second-order valence-corrected chi connectivity index (χ2v) is 8.26. The lowest BCUT2D eigenvalue weighted by molar-refractivity contribution is -0.123. The molecule has 29 heavy (non-hydrogen) atoms. The molecule has 150 valence electrons. The van der Waals surface area contributed by atoms with Crippen LogP contribution >= 0.6 is 11.3 Å². The summed E-state index contributed by atoms with van der Waals surface area (Å²) in [6, 6.07) is 13.9. The van der Waals surface area contributed by atoms with Crippen LogP contribution in [0.1, 0.15) is 38.8 Å². The van der Waals surface area contributed by atoms with E-state index in [4.69, 9.17) is 4.74 Å². The van der Waals surface area contributed by atoms with Crippen LogP contribution in [0.3, 0.4) is 0 Å². The lowest BCUT2D eigenvalue weighted by Crippen LogP contribution is -2.30. The molecular weight excluding hydrogens is 382 g/mol. The molecule has 3 rings (SSSR count). The summed E-state index contributed by atoms with van der Waals surface area (Å²) in [5, 5.41) is 4.75. The van der Waals surface area contributed by atoms with Crippen LogP contribution in [0.4, 0.5) is 5.69 Å². The molecule has 4 nitrogen and oxygen atoms in total. The van der Waals surface area contributed by atoms with Crippen molar-refractivity contribution in [2.24, 2.45) is 0 Å². The fourth-order valence-corrected chi connectivity index (χ4v) is 4.09. The quantitative estimate of drug-likeness (QED) is 0.541. The predicted octanol–water partition coefficient (Wildman–Crippen LogP) is 5.83. The van der Waals surface area contributed by atoms with Gasteiger partial charge in [0, 0.05) is 11.3 Å². The Labute approximate surface area is 175 Å². The number of ether oxygens (including phenoxy) is 1. The molecular formula is C24H25NO3S. The molecule has 2 aromatic carbocycles.